The summed E-state index contributed by atoms with van der Waals surface area (Å²) in [5, 5.41) is 9.02. The van der Waals surface area contributed by atoms with Crippen LogP contribution in [0.2, 0.25) is 0 Å². The number of ether oxygens (including phenoxy) is 1. The van der Waals surface area contributed by atoms with Crippen molar-refractivity contribution in [2.45, 2.75) is 38.1 Å². The fourth-order valence-corrected chi connectivity index (χ4v) is 3.48. The van der Waals surface area contributed by atoms with Crippen LogP contribution in [-0.4, -0.2) is 31.0 Å². The average molecular weight is 408 g/mol. The molecule has 0 aromatic heterocycles. The molecule has 0 heterocycles. The lowest BCUT2D eigenvalue weighted by Crippen LogP contribution is -2.36. The van der Waals surface area contributed by atoms with Crippen LogP contribution >= 0.6 is 0 Å². The number of nitrogens with one attached hydrogen (secondary N) is 3. The molecule has 1 fully saturated rings. The Morgan fingerprint density at radius 1 is 1.03 bits per heavy atom. The Labute approximate surface area is 177 Å². The number of hydrogen-bond donors (Lipinski definition) is 3. The zero-order chi connectivity index (χ0) is 21.2. The Balaban J connectivity index is 1.48. The number of anilines is 2. The van der Waals surface area contributed by atoms with E-state index in [2.05, 4.69) is 22.5 Å². The zero-order valence-corrected chi connectivity index (χ0v) is 17.2. The van der Waals surface area contributed by atoms with Gasteiger partial charge in [-0.25, -0.2) is 0 Å². The van der Waals surface area contributed by atoms with Crippen LogP contribution in [0.5, 0.6) is 5.75 Å². The maximum atomic E-state index is 12.4. The van der Waals surface area contributed by atoms with Crippen LogP contribution in [0.1, 0.15) is 42.5 Å². The third-order valence-corrected chi connectivity index (χ3v) is 5.06. The van der Waals surface area contributed by atoms with Gasteiger partial charge in [0.05, 0.1) is 12.2 Å². The number of rotatable bonds is 9. The van der Waals surface area contributed by atoms with E-state index >= 15 is 0 Å². The highest BCUT2D eigenvalue weighted by Gasteiger charge is 2.16. The van der Waals surface area contributed by atoms with Crippen LogP contribution in [0.3, 0.4) is 0 Å². The molecule has 2 aromatic rings. The zero-order valence-electron chi connectivity index (χ0n) is 17.2. The molecule has 6 heteroatoms. The van der Waals surface area contributed by atoms with Crippen molar-refractivity contribution in [1.29, 1.82) is 0 Å². The second kappa shape index (κ2) is 11.0. The summed E-state index contributed by atoms with van der Waals surface area (Å²) in [7, 11) is 0. The summed E-state index contributed by atoms with van der Waals surface area (Å²) in [4.78, 5) is 24.7. The first-order chi connectivity index (χ1) is 14.7. The topological polar surface area (TPSA) is 79.5 Å². The molecule has 3 rings (SSSR count). The molecule has 0 radical (unpaired) electrons. The fourth-order valence-electron chi connectivity index (χ4n) is 3.48. The highest BCUT2D eigenvalue weighted by Crippen LogP contribution is 2.23. The molecule has 1 saturated carbocycles. The average Bonchev–Trinajstić information content (AvgIpc) is 2.78. The number of benzene rings is 2. The van der Waals surface area contributed by atoms with E-state index in [9.17, 15) is 9.59 Å². The molecule has 0 saturated heterocycles. The van der Waals surface area contributed by atoms with Gasteiger partial charge in [-0.15, -0.1) is 0 Å². The Morgan fingerprint density at radius 3 is 2.50 bits per heavy atom. The second-order valence-corrected chi connectivity index (χ2v) is 7.38. The molecule has 6 nitrogen and oxygen atoms in total. The fraction of sp³-hybridized carbons (Fsp3) is 0.333. The van der Waals surface area contributed by atoms with Crippen molar-refractivity contribution in [3.63, 3.8) is 0 Å². The summed E-state index contributed by atoms with van der Waals surface area (Å²) < 4.78 is 5.55. The Hall–Kier alpha value is -3.28. The van der Waals surface area contributed by atoms with Crippen molar-refractivity contribution in [2.24, 2.45) is 0 Å². The van der Waals surface area contributed by atoms with Crippen LogP contribution in [0, 0.1) is 0 Å². The minimum absolute atomic E-state index is 0.0395. The lowest BCUT2D eigenvalue weighted by atomic mass is 9.95. The van der Waals surface area contributed by atoms with Gasteiger partial charge in [-0.3, -0.25) is 9.59 Å². The van der Waals surface area contributed by atoms with Gasteiger partial charge in [0.1, 0.15) is 12.4 Å². The molecule has 158 valence electrons. The summed E-state index contributed by atoms with van der Waals surface area (Å²) in [6, 6.07) is 14.7. The Morgan fingerprint density at radius 2 is 1.77 bits per heavy atom. The Kier molecular flexibility index (Phi) is 7.89. The number of hydrogen-bond acceptors (Lipinski definition) is 4. The van der Waals surface area contributed by atoms with Gasteiger partial charge < -0.3 is 20.7 Å². The van der Waals surface area contributed by atoms with E-state index in [4.69, 9.17) is 4.74 Å². The van der Waals surface area contributed by atoms with E-state index in [0.29, 0.717) is 23.6 Å². The van der Waals surface area contributed by atoms with Crippen LogP contribution < -0.4 is 20.7 Å². The lowest BCUT2D eigenvalue weighted by Gasteiger charge is -2.22. The molecule has 0 spiro atoms. The van der Waals surface area contributed by atoms with E-state index in [0.717, 1.165) is 18.5 Å². The predicted octanol–water partition coefficient (Wildman–Crippen LogP) is 4.36. The molecule has 2 aromatic carbocycles. The summed E-state index contributed by atoms with van der Waals surface area (Å²) in [5.74, 6) is 0.366. The van der Waals surface area contributed by atoms with Crippen molar-refractivity contribution in [2.75, 3.05) is 23.8 Å². The summed E-state index contributed by atoms with van der Waals surface area (Å²) in [6.07, 6.45) is 7.39. The third kappa shape index (κ3) is 6.37. The van der Waals surface area contributed by atoms with Crippen LogP contribution in [0.25, 0.3) is 0 Å². The van der Waals surface area contributed by atoms with Gasteiger partial charge in [0.25, 0.3) is 5.91 Å². The number of para-hydroxylation sites is 2. The number of amides is 2. The first kappa shape index (κ1) is 21.4. The van der Waals surface area contributed by atoms with Crippen molar-refractivity contribution in [3.8, 4) is 5.75 Å². The van der Waals surface area contributed by atoms with Crippen molar-refractivity contribution in [1.82, 2.24) is 5.32 Å². The molecule has 2 amide bonds. The van der Waals surface area contributed by atoms with Gasteiger partial charge >= 0.3 is 0 Å². The van der Waals surface area contributed by atoms with E-state index in [-0.39, 0.29) is 24.4 Å². The van der Waals surface area contributed by atoms with Crippen molar-refractivity contribution in [3.05, 3.63) is 66.7 Å². The van der Waals surface area contributed by atoms with Crippen LogP contribution in [0.4, 0.5) is 11.4 Å². The third-order valence-electron chi connectivity index (χ3n) is 5.06. The first-order valence-electron chi connectivity index (χ1n) is 10.4. The maximum absolute atomic E-state index is 12.4. The highest BCUT2D eigenvalue weighted by atomic mass is 16.5. The molecule has 1 aliphatic carbocycles. The van der Waals surface area contributed by atoms with Gasteiger partial charge in [-0.1, -0.05) is 44.1 Å². The van der Waals surface area contributed by atoms with Crippen LogP contribution in [0.15, 0.2) is 61.2 Å². The molecule has 0 bridgehead atoms. The molecule has 0 atom stereocenters. The van der Waals surface area contributed by atoms with Crippen molar-refractivity contribution < 1.29 is 14.3 Å². The first-order valence-corrected chi connectivity index (χ1v) is 10.4. The van der Waals surface area contributed by atoms with Gasteiger partial charge in [-0.2, -0.15) is 0 Å². The molecular weight excluding hydrogens is 378 g/mol. The van der Waals surface area contributed by atoms with E-state index in [1.54, 1.807) is 30.3 Å². The normalized spacial score (nSPS) is 13.9. The minimum atomic E-state index is -0.191. The van der Waals surface area contributed by atoms with Gasteiger partial charge in [0, 0.05) is 17.3 Å². The maximum Gasteiger partial charge on any atom is 0.251 e. The van der Waals surface area contributed by atoms with E-state index < -0.39 is 0 Å². The monoisotopic (exact) mass is 407 g/mol. The number of carbonyl (C=O) groups excluding carboxylic acids is 2. The Bertz CT molecular complexity index is 858. The van der Waals surface area contributed by atoms with E-state index in [1.165, 1.54) is 19.3 Å². The predicted molar refractivity (Wildman–Crippen MR) is 120 cm³/mol. The van der Waals surface area contributed by atoms with Crippen LogP contribution in [-0.2, 0) is 4.79 Å². The smallest absolute Gasteiger partial charge is 0.251 e. The second-order valence-electron chi connectivity index (χ2n) is 7.38. The molecule has 0 aliphatic heterocycles. The largest absolute Gasteiger partial charge is 0.487 e. The van der Waals surface area contributed by atoms with Crippen molar-refractivity contribution >= 4 is 23.2 Å². The van der Waals surface area contributed by atoms with Gasteiger partial charge in [-0.05, 0) is 49.2 Å². The minimum Gasteiger partial charge on any atom is -0.487 e. The number of carbonyl (C=O) groups is 2. The van der Waals surface area contributed by atoms with E-state index in [1.807, 2.05) is 24.3 Å². The quantitative estimate of drug-likeness (QED) is 0.540. The summed E-state index contributed by atoms with van der Waals surface area (Å²) in [5.41, 5.74) is 2.01. The van der Waals surface area contributed by atoms with Gasteiger partial charge in [0.2, 0.25) is 5.91 Å². The highest BCUT2D eigenvalue weighted by molar-refractivity contribution is 5.96. The molecule has 0 unspecified atom stereocenters. The summed E-state index contributed by atoms with van der Waals surface area (Å²) in [6.45, 7) is 4.10. The molecule has 1 aliphatic rings. The summed E-state index contributed by atoms with van der Waals surface area (Å²) >= 11 is 0. The molecule has 30 heavy (non-hydrogen) atoms. The van der Waals surface area contributed by atoms with Gasteiger partial charge in [0.15, 0.2) is 0 Å². The SMILES string of the molecule is C=CCOc1ccccc1NC(=O)CNc1ccc(C(=O)NC2CCCCC2)cc1. The standard InChI is InChI=1S/C24H29N3O3/c1-2-16-30-22-11-7-6-10-21(22)27-23(28)17-25-19-14-12-18(13-15-19)24(29)26-20-8-4-3-5-9-20/h2,6-7,10-15,20,25H,1,3-5,8-9,16-17H2,(H,26,29)(H,27,28). The lowest BCUT2D eigenvalue weighted by molar-refractivity contribution is -0.114. The molecular formula is C24H29N3O3. The molecule has 3 N–H and O–H groups in total.